The number of rotatable bonds is 7. The Morgan fingerprint density at radius 2 is 1.84 bits per heavy atom. The highest BCUT2D eigenvalue weighted by molar-refractivity contribution is 7.93. The van der Waals surface area contributed by atoms with Crippen LogP contribution in [0.5, 0.6) is 5.75 Å². The van der Waals surface area contributed by atoms with Crippen molar-refractivity contribution in [2.24, 2.45) is 10.7 Å². The van der Waals surface area contributed by atoms with Crippen LogP contribution in [0.3, 0.4) is 0 Å². The number of alkyl halides is 3. The Bertz CT molecular complexity index is 1720. The number of sulfone groups is 1. The minimum atomic E-state index is -3.94. The number of nitrogens with one attached hydrogen (secondary N) is 2. The molecule has 1 saturated carbocycles. The Kier molecular flexibility index (Phi) is 9.75. The fraction of sp³-hybridized carbons (Fsp3) is 0.345. The van der Waals surface area contributed by atoms with E-state index in [1.807, 2.05) is 0 Å². The van der Waals surface area contributed by atoms with Crippen LogP contribution in [-0.4, -0.2) is 66.9 Å². The zero-order valence-corrected chi connectivity index (χ0v) is 25.0. The zero-order valence-electron chi connectivity index (χ0n) is 24.2. The second kappa shape index (κ2) is 13.2. The number of carbonyl (C=O) groups is 2. The maximum absolute atomic E-state index is 14.9. The molecule has 1 atom stereocenters. The van der Waals surface area contributed by atoms with E-state index in [0.29, 0.717) is 12.1 Å². The standard InChI is InChI=1S/C22H22F4N4O4S.C7H8N2O/c1-12-7-14(34-20(25)26)9-28-17(12)18(31)29-13-3-4-16(24)15(8-13)21(10-23)11-35(32,33)22(5-2-6-22)19(27)30-21;1-8-7(10)6-4-2-3-5-9-6/h3-4,7-9,20H,2,5-6,10-11H2,1H3,(H2,27,30)(H,29,31);2-5H,1H3,(H,8,10)/t21-;/m0./s1. The van der Waals surface area contributed by atoms with Gasteiger partial charge in [0.15, 0.2) is 9.84 Å². The van der Waals surface area contributed by atoms with Gasteiger partial charge >= 0.3 is 6.61 Å². The summed E-state index contributed by atoms with van der Waals surface area (Å²) in [7, 11) is -2.36. The van der Waals surface area contributed by atoms with E-state index in [1.165, 1.54) is 19.1 Å². The normalized spacial score (nSPS) is 19.4. The van der Waals surface area contributed by atoms with Gasteiger partial charge in [0.1, 0.15) is 45.8 Å². The van der Waals surface area contributed by atoms with Gasteiger partial charge in [-0.1, -0.05) is 6.07 Å². The highest BCUT2D eigenvalue weighted by atomic mass is 32.2. The lowest BCUT2D eigenvalue weighted by Crippen LogP contribution is -2.62. The maximum atomic E-state index is 14.9. The molecule has 16 heteroatoms. The summed E-state index contributed by atoms with van der Waals surface area (Å²) < 4.78 is 83.0. The Hall–Kier alpha value is -4.60. The predicted octanol–water partition coefficient (Wildman–Crippen LogP) is 3.70. The van der Waals surface area contributed by atoms with Crippen LogP contribution in [0, 0.1) is 12.7 Å². The van der Waals surface area contributed by atoms with Crippen LogP contribution < -0.4 is 21.1 Å². The number of aliphatic imine (C=N–C) groups is 1. The van der Waals surface area contributed by atoms with Crippen LogP contribution in [0.15, 0.2) is 59.9 Å². The molecule has 1 fully saturated rings. The van der Waals surface area contributed by atoms with Crippen LogP contribution in [0.1, 0.15) is 51.4 Å². The van der Waals surface area contributed by atoms with Crippen molar-refractivity contribution in [1.82, 2.24) is 15.3 Å². The highest BCUT2D eigenvalue weighted by Crippen LogP contribution is 2.47. The van der Waals surface area contributed by atoms with Crippen molar-refractivity contribution in [3.63, 3.8) is 0 Å². The molecule has 2 aliphatic rings. The fourth-order valence-corrected chi connectivity index (χ4v) is 7.53. The average molecular weight is 651 g/mol. The maximum Gasteiger partial charge on any atom is 0.387 e. The number of nitrogens with zero attached hydrogens (tertiary/aromatic N) is 3. The Balaban J connectivity index is 0.000000392. The van der Waals surface area contributed by atoms with Crippen molar-refractivity contribution < 1.29 is 40.3 Å². The summed E-state index contributed by atoms with van der Waals surface area (Å²) in [5.74, 6) is -3.07. The van der Waals surface area contributed by atoms with Gasteiger partial charge in [-0.2, -0.15) is 8.78 Å². The molecule has 0 saturated heterocycles. The summed E-state index contributed by atoms with van der Waals surface area (Å²) in [6, 6.07) is 9.66. The summed E-state index contributed by atoms with van der Waals surface area (Å²) >= 11 is 0. The number of aryl methyl sites for hydroxylation is 1. The van der Waals surface area contributed by atoms with Crippen molar-refractivity contribution in [2.45, 2.75) is 43.1 Å². The highest BCUT2D eigenvalue weighted by Gasteiger charge is 2.59. The van der Waals surface area contributed by atoms with Crippen LogP contribution in [0.2, 0.25) is 0 Å². The molecule has 5 rings (SSSR count). The van der Waals surface area contributed by atoms with Crippen LogP contribution >= 0.6 is 0 Å². The van der Waals surface area contributed by atoms with Crippen molar-refractivity contribution in [3.8, 4) is 5.75 Å². The van der Waals surface area contributed by atoms with Gasteiger partial charge in [-0.25, -0.2) is 22.2 Å². The molecule has 1 aromatic carbocycles. The van der Waals surface area contributed by atoms with E-state index < -0.39 is 50.9 Å². The minimum absolute atomic E-state index is 0.0171. The molecule has 1 spiro atoms. The summed E-state index contributed by atoms with van der Waals surface area (Å²) in [6.45, 7) is -2.94. The van der Waals surface area contributed by atoms with E-state index in [1.54, 1.807) is 31.4 Å². The number of aromatic nitrogens is 2. The van der Waals surface area contributed by atoms with Crippen molar-refractivity contribution in [1.29, 1.82) is 0 Å². The Labute approximate surface area is 256 Å². The van der Waals surface area contributed by atoms with Gasteiger partial charge in [0, 0.05) is 24.5 Å². The molecule has 3 heterocycles. The lowest BCUT2D eigenvalue weighted by atomic mass is 9.82. The summed E-state index contributed by atoms with van der Waals surface area (Å²) in [5.41, 5.74) is 4.09. The lowest BCUT2D eigenvalue weighted by molar-refractivity contribution is -0.0501. The number of amidine groups is 1. The molecule has 3 aromatic rings. The molecule has 0 radical (unpaired) electrons. The Morgan fingerprint density at radius 3 is 2.38 bits per heavy atom. The zero-order chi connectivity index (χ0) is 33.0. The third kappa shape index (κ3) is 6.74. The fourth-order valence-electron chi connectivity index (χ4n) is 5.05. The SMILES string of the molecule is CNC(=O)c1ccccn1.Cc1cc(OC(F)F)cnc1C(=O)Nc1ccc(F)c([C@]2(CF)CS(=O)(=O)C3(CCC3)C(N)=N2)c1. The molecule has 4 N–H and O–H groups in total. The molecular weight excluding hydrogens is 620 g/mol. The average Bonchev–Trinajstić information content (AvgIpc) is 2.96. The monoisotopic (exact) mass is 650 g/mol. The van der Waals surface area contributed by atoms with Gasteiger partial charge in [-0.05, 0) is 68.1 Å². The molecule has 1 aliphatic heterocycles. The van der Waals surface area contributed by atoms with Crippen molar-refractivity contribution in [2.75, 3.05) is 24.8 Å². The number of nitrogens with two attached hydrogens (primary N) is 1. The van der Waals surface area contributed by atoms with E-state index in [0.717, 1.165) is 18.3 Å². The van der Waals surface area contributed by atoms with Gasteiger partial charge in [0.2, 0.25) is 0 Å². The number of benzene rings is 1. The molecule has 240 valence electrons. The first-order valence-electron chi connectivity index (χ1n) is 13.6. The molecular formula is C29H30F4N6O5S. The smallest absolute Gasteiger partial charge is 0.387 e. The number of carbonyl (C=O) groups excluding carboxylic acids is 2. The number of hydrogen-bond donors (Lipinski definition) is 3. The number of amides is 2. The van der Waals surface area contributed by atoms with Gasteiger partial charge in [-0.3, -0.25) is 19.6 Å². The van der Waals surface area contributed by atoms with Crippen LogP contribution in [0.25, 0.3) is 0 Å². The molecule has 45 heavy (non-hydrogen) atoms. The molecule has 2 amide bonds. The van der Waals surface area contributed by atoms with Crippen LogP contribution in [0.4, 0.5) is 23.2 Å². The number of halogens is 4. The first kappa shape index (κ1) is 33.3. The van der Waals surface area contributed by atoms with E-state index >= 15 is 0 Å². The second-order valence-corrected chi connectivity index (χ2v) is 12.7. The molecule has 0 unspecified atom stereocenters. The second-order valence-electron chi connectivity index (χ2n) is 10.4. The topological polar surface area (TPSA) is 166 Å². The Morgan fingerprint density at radius 1 is 1.11 bits per heavy atom. The van der Waals surface area contributed by atoms with Gasteiger partial charge in [0.05, 0.1) is 11.9 Å². The molecule has 11 nitrogen and oxygen atoms in total. The van der Waals surface area contributed by atoms with Gasteiger partial charge in [-0.15, -0.1) is 0 Å². The molecule has 2 aromatic heterocycles. The van der Waals surface area contributed by atoms with Crippen molar-refractivity contribution in [3.05, 3.63) is 83.2 Å². The predicted molar refractivity (Wildman–Crippen MR) is 157 cm³/mol. The lowest BCUT2D eigenvalue weighted by Gasteiger charge is -2.46. The number of pyridine rings is 2. The van der Waals surface area contributed by atoms with E-state index in [9.17, 15) is 35.6 Å². The van der Waals surface area contributed by atoms with Gasteiger partial charge < -0.3 is 21.1 Å². The summed E-state index contributed by atoms with van der Waals surface area (Å²) in [6.07, 6.45) is 3.72. The number of ether oxygens (including phenoxy) is 1. The third-order valence-corrected chi connectivity index (χ3v) is 10.2. The van der Waals surface area contributed by atoms with Gasteiger partial charge in [0.25, 0.3) is 11.8 Å². The first-order valence-corrected chi connectivity index (χ1v) is 15.2. The minimum Gasteiger partial charge on any atom is -0.433 e. The third-order valence-electron chi connectivity index (χ3n) is 7.55. The molecule has 0 bridgehead atoms. The summed E-state index contributed by atoms with van der Waals surface area (Å²) in [4.78, 5) is 35.4. The molecule has 1 aliphatic carbocycles. The van der Waals surface area contributed by atoms with E-state index in [4.69, 9.17) is 5.73 Å². The largest absolute Gasteiger partial charge is 0.433 e. The number of anilines is 1. The quantitative estimate of drug-likeness (QED) is 0.326. The van der Waals surface area contributed by atoms with Crippen molar-refractivity contribution >= 4 is 33.2 Å². The summed E-state index contributed by atoms with van der Waals surface area (Å²) in [5, 5.41) is 4.95. The number of hydrogen-bond acceptors (Lipinski definition) is 9. The van der Waals surface area contributed by atoms with Crippen LogP contribution in [-0.2, 0) is 15.4 Å². The first-order chi connectivity index (χ1) is 21.3. The van der Waals surface area contributed by atoms with E-state index in [-0.39, 0.29) is 52.8 Å². The van der Waals surface area contributed by atoms with E-state index in [2.05, 4.69) is 30.3 Å².